The maximum absolute atomic E-state index is 13.9. The second kappa shape index (κ2) is 7.94. The van der Waals surface area contributed by atoms with E-state index in [9.17, 15) is 17.6 Å². The summed E-state index contributed by atoms with van der Waals surface area (Å²) in [6.45, 7) is 5.32. The number of aryl methyl sites for hydroxylation is 1. The van der Waals surface area contributed by atoms with Crippen molar-refractivity contribution in [3.8, 4) is 0 Å². The van der Waals surface area contributed by atoms with E-state index in [0.717, 1.165) is 27.4 Å². The Hall–Kier alpha value is -2.36. The largest absolute Gasteiger partial charge is 0.325 e. The van der Waals surface area contributed by atoms with Crippen molar-refractivity contribution in [1.29, 1.82) is 0 Å². The minimum atomic E-state index is -4.20. The maximum atomic E-state index is 13.9. The van der Waals surface area contributed by atoms with Gasteiger partial charge in [-0.05, 0) is 43.2 Å². The number of nitrogens with one attached hydrogen (secondary N) is 2. The van der Waals surface area contributed by atoms with E-state index in [1.807, 2.05) is 6.92 Å². The number of benzene rings is 2. The number of amides is 1. The summed E-state index contributed by atoms with van der Waals surface area (Å²) in [5.41, 5.74) is 1.37. The Balaban J connectivity index is 1.82. The molecule has 0 radical (unpaired) electrons. The van der Waals surface area contributed by atoms with Crippen LogP contribution in [-0.2, 0) is 14.8 Å². The monoisotopic (exact) mass is 421 g/mol. The van der Waals surface area contributed by atoms with Crippen LogP contribution in [0.4, 0.5) is 10.1 Å². The fourth-order valence-corrected chi connectivity index (χ4v) is 5.01. The standard InChI is InChI=1S/C19H20FN3O3S2/c1-11(2)18(23-28(25,26)17-7-5-4-6-14(17)20)19(24)22-13-8-9-15-16(10-13)27-12(3)21-15/h4-11,18,23H,1-3H3,(H,22,24). The molecule has 0 saturated carbocycles. The summed E-state index contributed by atoms with van der Waals surface area (Å²) >= 11 is 1.50. The minimum Gasteiger partial charge on any atom is -0.325 e. The summed E-state index contributed by atoms with van der Waals surface area (Å²) in [7, 11) is -4.20. The van der Waals surface area contributed by atoms with Gasteiger partial charge < -0.3 is 5.32 Å². The zero-order valence-corrected chi connectivity index (χ0v) is 17.2. The summed E-state index contributed by atoms with van der Waals surface area (Å²) in [6, 6.07) is 9.28. The molecule has 0 bridgehead atoms. The molecule has 1 atom stereocenters. The van der Waals surface area contributed by atoms with Crippen molar-refractivity contribution < 1.29 is 17.6 Å². The Morgan fingerprint density at radius 1 is 1.18 bits per heavy atom. The third kappa shape index (κ3) is 4.37. The molecule has 6 nitrogen and oxygen atoms in total. The predicted octanol–water partition coefficient (Wildman–Crippen LogP) is 3.69. The van der Waals surface area contributed by atoms with Gasteiger partial charge in [-0.1, -0.05) is 26.0 Å². The van der Waals surface area contributed by atoms with Crippen LogP contribution in [0.1, 0.15) is 18.9 Å². The first-order valence-electron chi connectivity index (χ1n) is 8.62. The van der Waals surface area contributed by atoms with E-state index in [2.05, 4.69) is 15.0 Å². The fraction of sp³-hybridized carbons (Fsp3) is 0.263. The van der Waals surface area contributed by atoms with Crippen LogP contribution in [-0.4, -0.2) is 25.4 Å². The molecule has 0 saturated heterocycles. The molecule has 2 N–H and O–H groups in total. The van der Waals surface area contributed by atoms with Crippen LogP contribution >= 0.6 is 11.3 Å². The van der Waals surface area contributed by atoms with Gasteiger partial charge in [-0.25, -0.2) is 17.8 Å². The third-order valence-corrected chi connectivity index (χ3v) is 6.53. The van der Waals surface area contributed by atoms with Crippen LogP contribution in [0.15, 0.2) is 47.4 Å². The summed E-state index contributed by atoms with van der Waals surface area (Å²) in [5, 5.41) is 3.65. The number of hydrogen-bond acceptors (Lipinski definition) is 5. The van der Waals surface area contributed by atoms with Crippen molar-refractivity contribution in [2.75, 3.05) is 5.32 Å². The molecule has 9 heteroatoms. The Bertz CT molecular complexity index is 1130. The molecule has 1 amide bonds. The highest BCUT2D eigenvalue weighted by molar-refractivity contribution is 7.89. The first-order chi connectivity index (χ1) is 13.2. The predicted molar refractivity (Wildman–Crippen MR) is 108 cm³/mol. The van der Waals surface area contributed by atoms with E-state index in [0.29, 0.717) is 5.69 Å². The van der Waals surface area contributed by atoms with Gasteiger partial charge in [0.15, 0.2) is 0 Å². The van der Waals surface area contributed by atoms with Gasteiger partial charge in [0, 0.05) is 5.69 Å². The van der Waals surface area contributed by atoms with E-state index in [1.165, 1.54) is 23.5 Å². The van der Waals surface area contributed by atoms with Gasteiger partial charge >= 0.3 is 0 Å². The molecule has 0 aliphatic heterocycles. The minimum absolute atomic E-state index is 0.351. The Morgan fingerprint density at radius 2 is 1.89 bits per heavy atom. The molecule has 0 fully saturated rings. The maximum Gasteiger partial charge on any atom is 0.244 e. The molecule has 1 unspecified atom stereocenters. The number of aromatic nitrogens is 1. The number of halogens is 1. The molecular weight excluding hydrogens is 401 g/mol. The van der Waals surface area contributed by atoms with E-state index in [-0.39, 0.29) is 5.92 Å². The first-order valence-corrected chi connectivity index (χ1v) is 10.9. The summed E-state index contributed by atoms with van der Waals surface area (Å²) in [4.78, 5) is 16.6. The van der Waals surface area contributed by atoms with E-state index >= 15 is 0 Å². The van der Waals surface area contributed by atoms with Gasteiger partial charge in [-0.3, -0.25) is 4.79 Å². The fourth-order valence-electron chi connectivity index (χ4n) is 2.72. The summed E-state index contributed by atoms with van der Waals surface area (Å²) in [5.74, 6) is -1.74. The molecule has 0 aliphatic rings. The molecule has 3 aromatic rings. The average molecular weight is 422 g/mol. The van der Waals surface area contributed by atoms with Gasteiger partial charge in [-0.2, -0.15) is 4.72 Å². The smallest absolute Gasteiger partial charge is 0.244 e. The van der Waals surface area contributed by atoms with Crippen molar-refractivity contribution in [3.63, 3.8) is 0 Å². The number of anilines is 1. The van der Waals surface area contributed by atoms with Gasteiger partial charge in [-0.15, -0.1) is 11.3 Å². The zero-order valence-electron chi connectivity index (χ0n) is 15.6. The lowest BCUT2D eigenvalue weighted by Gasteiger charge is -2.21. The highest BCUT2D eigenvalue weighted by Gasteiger charge is 2.30. The van der Waals surface area contributed by atoms with Gasteiger partial charge in [0.25, 0.3) is 0 Å². The Kier molecular flexibility index (Phi) is 5.78. The average Bonchev–Trinajstić information content (AvgIpc) is 2.99. The number of carbonyl (C=O) groups is 1. The van der Waals surface area contributed by atoms with Crippen molar-refractivity contribution in [3.05, 3.63) is 53.3 Å². The summed E-state index contributed by atoms with van der Waals surface area (Å²) in [6.07, 6.45) is 0. The quantitative estimate of drug-likeness (QED) is 0.635. The van der Waals surface area contributed by atoms with E-state index < -0.39 is 32.7 Å². The lowest BCUT2D eigenvalue weighted by atomic mass is 10.0. The van der Waals surface area contributed by atoms with Crippen LogP contribution in [0.5, 0.6) is 0 Å². The second-order valence-electron chi connectivity index (χ2n) is 6.68. The van der Waals surface area contributed by atoms with Gasteiger partial charge in [0.2, 0.25) is 15.9 Å². The number of sulfonamides is 1. The molecule has 3 rings (SSSR count). The second-order valence-corrected chi connectivity index (χ2v) is 9.60. The van der Waals surface area contributed by atoms with Crippen LogP contribution in [0.25, 0.3) is 10.2 Å². The SMILES string of the molecule is Cc1nc2ccc(NC(=O)C(NS(=O)(=O)c3ccccc3F)C(C)C)cc2s1. The topological polar surface area (TPSA) is 88.2 Å². The molecule has 0 aliphatic carbocycles. The Morgan fingerprint density at radius 3 is 2.57 bits per heavy atom. The van der Waals surface area contributed by atoms with Crippen LogP contribution < -0.4 is 10.0 Å². The molecule has 1 aromatic heterocycles. The number of nitrogens with zero attached hydrogens (tertiary/aromatic N) is 1. The molecule has 1 heterocycles. The van der Waals surface area contributed by atoms with E-state index in [1.54, 1.807) is 32.0 Å². The van der Waals surface area contributed by atoms with Crippen LogP contribution in [0.3, 0.4) is 0 Å². The van der Waals surface area contributed by atoms with Crippen molar-refractivity contribution >= 4 is 43.2 Å². The Labute approximate surface area is 166 Å². The van der Waals surface area contributed by atoms with Crippen molar-refractivity contribution in [1.82, 2.24) is 9.71 Å². The lowest BCUT2D eigenvalue weighted by Crippen LogP contribution is -2.47. The molecule has 2 aromatic carbocycles. The van der Waals surface area contributed by atoms with Gasteiger partial charge in [0.05, 0.1) is 15.2 Å². The summed E-state index contributed by atoms with van der Waals surface area (Å²) < 4.78 is 42.3. The van der Waals surface area contributed by atoms with Crippen molar-refractivity contribution in [2.24, 2.45) is 5.92 Å². The lowest BCUT2D eigenvalue weighted by molar-refractivity contribution is -0.118. The number of carbonyl (C=O) groups excluding carboxylic acids is 1. The van der Waals surface area contributed by atoms with E-state index in [4.69, 9.17) is 0 Å². The normalized spacial score (nSPS) is 13.0. The van der Waals surface area contributed by atoms with Crippen LogP contribution in [0, 0.1) is 18.7 Å². The molecule has 0 spiro atoms. The molecule has 28 heavy (non-hydrogen) atoms. The number of thiazole rings is 1. The molecule has 148 valence electrons. The number of rotatable bonds is 6. The zero-order chi connectivity index (χ0) is 20.5. The third-order valence-electron chi connectivity index (χ3n) is 4.12. The number of fused-ring (bicyclic) bond motifs is 1. The van der Waals surface area contributed by atoms with Crippen LogP contribution in [0.2, 0.25) is 0 Å². The highest BCUT2D eigenvalue weighted by atomic mass is 32.2. The van der Waals surface area contributed by atoms with Crippen molar-refractivity contribution in [2.45, 2.75) is 31.7 Å². The first kappa shape index (κ1) is 20.4. The molecular formula is C19H20FN3O3S2. The highest BCUT2D eigenvalue weighted by Crippen LogP contribution is 2.25. The van der Waals surface area contributed by atoms with Gasteiger partial charge in [0.1, 0.15) is 16.8 Å². The number of hydrogen-bond donors (Lipinski definition) is 2.